The van der Waals surface area contributed by atoms with Gasteiger partial charge in [-0.1, -0.05) is 19.3 Å². The summed E-state index contributed by atoms with van der Waals surface area (Å²) < 4.78 is 9.34. The third-order valence-electron chi connectivity index (χ3n) is 4.23. The Morgan fingerprint density at radius 3 is 1.92 bits per heavy atom. The number of esters is 2. The monoisotopic (exact) mass is 334 g/mol. The van der Waals surface area contributed by atoms with Crippen molar-refractivity contribution in [2.75, 3.05) is 19.5 Å². The second-order valence-corrected chi connectivity index (χ2v) is 5.95. The van der Waals surface area contributed by atoms with Crippen LogP contribution in [0.3, 0.4) is 0 Å². The van der Waals surface area contributed by atoms with Crippen molar-refractivity contribution in [2.45, 2.75) is 37.6 Å². The lowest BCUT2D eigenvalue weighted by atomic mass is 9.82. The molecular formula is C17H22N2O5. The molecule has 0 heterocycles. The van der Waals surface area contributed by atoms with Gasteiger partial charge in [-0.3, -0.25) is 4.79 Å². The van der Waals surface area contributed by atoms with Crippen molar-refractivity contribution >= 4 is 23.5 Å². The van der Waals surface area contributed by atoms with Gasteiger partial charge >= 0.3 is 11.9 Å². The normalized spacial score (nSPS) is 16.1. The zero-order valence-corrected chi connectivity index (χ0v) is 13.9. The van der Waals surface area contributed by atoms with E-state index in [1.54, 1.807) is 0 Å². The molecule has 2 rings (SSSR count). The fourth-order valence-electron chi connectivity index (χ4n) is 2.84. The van der Waals surface area contributed by atoms with Crippen LogP contribution in [0.25, 0.3) is 0 Å². The molecule has 0 radical (unpaired) electrons. The van der Waals surface area contributed by atoms with E-state index in [0.29, 0.717) is 18.5 Å². The van der Waals surface area contributed by atoms with Crippen LogP contribution < -0.4 is 11.1 Å². The predicted octanol–water partition coefficient (Wildman–Crippen LogP) is 1.86. The van der Waals surface area contributed by atoms with E-state index in [2.05, 4.69) is 14.8 Å². The molecule has 24 heavy (non-hydrogen) atoms. The fraction of sp³-hybridized carbons (Fsp3) is 0.471. The van der Waals surface area contributed by atoms with Crippen LogP contribution >= 0.6 is 0 Å². The Labute approximate surface area is 140 Å². The molecule has 1 aliphatic carbocycles. The quantitative estimate of drug-likeness (QED) is 0.814. The maximum Gasteiger partial charge on any atom is 0.337 e. The zero-order valence-electron chi connectivity index (χ0n) is 13.9. The number of nitrogens with one attached hydrogen (secondary N) is 1. The average Bonchev–Trinajstić information content (AvgIpc) is 2.60. The van der Waals surface area contributed by atoms with Crippen molar-refractivity contribution < 1.29 is 23.9 Å². The summed E-state index contributed by atoms with van der Waals surface area (Å²) in [5, 5.41) is 2.71. The lowest BCUT2D eigenvalue weighted by Crippen LogP contribution is -2.52. The summed E-state index contributed by atoms with van der Waals surface area (Å²) in [6.07, 6.45) is 4.09. The number of methoxy groups -OCH3 is 2. The van der Waals surface area contributed by atoms with Crippen molar-refractivity contribution in [1.82, 2.24) is 0 Å². The number of benzene rings is 1. The first kappa shape index (κ1) is 17.9. The minimum atomic E-state index is -0.926. The molecule has 7 nitrogen and oxygen atoms in total. The summed E-state index contributed by atoms with van der Waals surface area (Å²) in [5.41, 5.74) is 5.87. The molecule has 7 heteroatoms. The van der Waals surface area contributed by atoms with Crippen molar-refractivity contribution in [2.24, 2.45) is 5.73 Å². The van der Waals surface area contributed by atoms with Crippen molar-refractivity contribution in [3.05, 3.63) is 29.3 Å². The SMILES string of the molecule is COC(=O)c1cc(NC(=O)C2(N)CCCCC2)cc(C(=O)OC)c1. The number of ether oxygens (including phenoxy) is 2. The van der Waals surface area contributed by atoms with Crippen molar-refractivity contribution in [3.63, 3.8) is 0 Å². The number of carbonyl (C=O) groups is 3. The molecule has 0 spiro atoms. The molecule has 1 fully saturated rings. The number of amides is 1. The summed E-state index contributed by atoms with van der Waals surface area (Å²) in [6, 6.07) is 4.25. The highest BCUT2D eigenvalue weighted by molar-refractivity contribution is 6.02. The van der Waals surface area contributed by atoms with Crippen LogP contribution in [0.1, 0.15) is 52.8 Å². The summed E-state index contributed by atoms with van der Waals surface area (Å²) in [5.74, 6) is -1.55. The van der Waals surface area contributed by atoms with E-state index in [4.69, 9.17) is 5.73 Å². The number of carbonyl (C=O) groups excluding carboxylic acids is 3. The van der Waals surface area contributed by atoms with Gasteiger partial charge in [0, 0.05) is 5.69 Å². The van der Waals surface area contributed by atoms with Crippen molar-refractivity contribution in [1.29, 1.82) is 0 Å². The lowest BCUT2D eigenvalue weighted by Gasteiger charge is -2.31. The van der Waals surface area contributed by atoms with Gasteiger partial charge in [0.1, 0.15) is 0 Å². The molecule has 0 aromatic heterocycles. The maximum absolute atomic E-state index is 12.5. The van der Waals surface area contributed by atoms with E-state index in [9.17, 15) is 14.4 Å². The first-order valence-electron chi connectivity index (χ1n) is 7.81. The molecule has 1 saturated carbocycles. The Morgan fingerprint density at radius 2 is 1.46 bits per heavy atom. The first-order valence-corrected chi connectivity index (χ1v) is 7.81. The smallest absolute Gasteiger partial charge is 0.337 e. The average molecular weight is 334 g/mol. The van der Waals surface area contributed by atoms with E-state index in [1.807, 2.05) is 0 Å². The second-order valence-electron chi connectivity index (χ2n) is 5.95. The number of hydrogen-bond acceptors (Lipinski definition) is 6. The molecule has 130 valence electrons. The van der Waals surface area contributed by atoms with Gasteiger partial charge in [0.2, 0.25) is 5.91 Å². The third kappa shape index (κ3) is 3.91. The van der Waals surface area contributed by atoms with Crippen LogP contribution in [-0.4, -0.2) is 37.6 Å². The van der Waals surface area contributed by atoms with E-state index in [0.717, 1.165) is 19.3 Å². The number of nitrogens with two attached hydrogens (primary N) is 1. The van der Waals surface area contributed by atoms with E-state index >= 15 is 0 Å². The Hall–Kier alpha value is -2.41. The van der Waals surface area contributed by atoms with Crippen LogP contribution in [-0.2, 0) is 14.3 Å². The standard InChI is InChI=1S/C17H22N2O5/c1-23-14(20)11-8-12(15(21)24-2)10-13(9-11)19-16(22)17(18)6-4-3-5-7-17/h8-10H,3-7,18H2,1-2H3,(H,19,22). The number of anilines is 1. The molecule has 0 aliphatic heterocycles. The molecule has 3 N–H and O–H groups in total. The molecule has 1 amide bonds. The van der Waals surface area contributed by atoms with Gasteiger partial charge in [0.15, 0.2) is 0 Å². The minimum absolute atomic E-state index is 0.144. The molecular weight excluding hydrogens is 312 g/mol. The number of hydrogen-bond donors (Lipinski definition) is 2. The number of rotatable bonds is 4. The lowest BCUT2D eigenvalue weighted by molar-refractivity contribution is -0.122. The first-order chi connectivity index (χ1) is 11.4. The molecule has 0 saturated heterocycles. The summed E-state index contributed by atoms with van der Waals surface area (Å²) in [4.78, 5) is 36.1. The van der Waals surface area contributed by atoms with E-state index in [1.165, 1.54) is 32.4 Å². The highest BCUT2D eigenvalue weighted by Gasteiger charge is 2.35. The predicted molar refractivity (Wildman–Crippen MR) is 87.8 cm³/mol. The van der Waals surface area contributed by atoms with Gasteiger partial charge in [0.05, 0.1) is 30.9 Å². The van der Waals surface area contributed by atoms with E-state index in [-0.39, 0.29) is 17.0 Å². The van der Waals surface area contributed by atoms with Crippen LogP contribution in [0.2, 0.25) is 0 Å². The Balaban J connectivity index is 2.29. The Morgan fingerprint density at radius 1 is 0.958 bits per heavy atom. The minimum Gasteiger partial charge on any atom is -0.465 e. The van der Waals surface area contributed by atoms with Gasteiger partial charge in [-0.2, -0.15) is 0 Å². The Kier molecular flexibility index (Phi) is 5.56. The van der Waals surface area contributed by atoms with Gasteiger partial charge in [0.25, 0.3) is 0 Å². The van der Waals surface area contributed by atoms with Crippen LogP contribution in [0.15, 0.2) is 18.2 Å². The summed E-state index contributed by atoms with van der Waals surface area (Å²) >= 11 is 0. The highest BCUT2D eigenvalue weighted by Crippen LogP contribution is 2.27. The van der Waals surface area contributed by atoms with E-state index < -0.39 is 17.5 Å². The summed E-state index contributed by atoms with van der Waals surface area (Å²) in [7, 11) is 2.48. The van der Waals surface area contributed by atoms with Crippen LogP contribution in [0, 0.1) is 0 Å². The van der Waals surface area contributed by atoms with Crippen LogP contribution in [0.5, 0.6) is 0 Å². The van der Waals surface area contributed by atoms with Crippen molar-refractivity contribution in [3.8, 4) is 0 Å². The molecule has 1 aromatic rings. The second kappa shape index (κ2) is 7.44. The largest absolute Gasteiger partial charge is 0.465 e. The van der Waals surface area contributed by atoms with Gasteiger partial charge in [-0.05, 0) is 31.0 Å². The molecule has 1 aromatic carbocycles. The molecule has 0 bridgehead atoms. The van der Waals surface area contributed by atoms with Gasteiger partial charge < -0.3 is 20.5 Å². The molecule has 1 aliphatic rings. The third-order valence-corrected chi connectivity index (χ3v) is 4.23. The Bertz CT molecular complexity index is 616. The highest BCUT2D eigenvalue weighted by atomic mass is 16.5. The van der Waals surface area contributed by atoms with Gasteiger partial charge in [-0.25, -0.2) is 9.59 Å². The fourth-order valence-corrected chi connectivity index (χ4v) is 2.84. The van der Waals surface area contributed by atoms with Crippen LogP contribution in [0.4, 0.5) is 5.69 Å². The molecule has 0 atom stereocenters. The maximum atomic E-state index is 12.5. The zero-order chi connectivity index (χ0) is 17.7. The molecule has 0 unspecified atom stereocenters. The summed E-state index contributed by atoms with van der Waals surface area (Å²) in [6.45, 7) is 0. The van der Waals surface area contributed by atoms with Gasteiger partial charge in [-0.15, -0.1) is 0 Å². The topological polar surface area (TPSA) is 108 Å².